The van der Waals surface area contributed by atoms with Crippen molar-refractivity contribution < 1.29 is 4.79 Å². The summed E-state index contributed by atoms with van der Waals surface area (Å²) >= 11 is 7.33. The van der Waals surface area contributed by atoms with Crippen molar-refractivity contribution in [3.05, 3.63) is 33.6 Å². The molecule has 0 saturated heterocycles. The number of amides is 1. The molecule has 1 aliphatic heterocycles. The van der Waals surface area contributed by atoms with Crippen molar-refractivity contribution in [1.82, 2.24) is 5.32 Å². The molecule has 1 heterocycles. The molecule has 1 amide bonds. The number of nitrogens with one attached hydrogen (secondary N) is 1. The van der Waals surface area contributed by atoms with Gasteiger partial charge in [0.1, 0.15) is 0 Å². The average Bonchev–Trinajstić information content (AvgIpc) is 2.25. The molecular weight excluding hydrogens is 230 g/mol. The number of carbonyl (C=O) groups excluding carboxylic acids is 1. The van der Waals surface area contributed by atoms with E-state index in [1.807, 2.05) is 30.6 Å². The number of hydrogen-bond acceptors (Lipinski definition) is 2. The molecule has 0 spiro atoms. The zero-order chi connectivity index (χ0) is 11.1. The predicted molar refractivity (Wildman–Crippen MR) is 66.7 cm³/mol. The van der Waals surface area contributed by atoms with E-state index in [-0.39, 0.29) is 5.91 Å². The lowest BCUT2D eigenvalue weighted by Crippen LogP contribution is -2.25. The van der Waals surface area contributed by atoms with E-state index < -0.39 is 0 Å². The van der Waals surface area contributed by atoms with Gasteiger partial charge >= 0.3 is 0 Å². The number of hydrogen-bond donors (Lipinski definition) is 1. The third-order valence-electron chi connectivity index (χ3n) is 1.86. The molecular formula is C11H14ClNOS. The minimum atomic E-state index is -0.0705. The van der Waals surface area contributed by atoms with E-state index >= 15 is 0 Å². The Labute approximate surface area is 99.5 Å². The zero-order valence-electron chi connectivity index (χ0n) is 8.63. The highest BCUT2D eigenvalue weighted by molar-refractivity contribution is 8.06. The van der Waals surface area contributed by atoms with Crippen LogP contribution in [0.15, 0.2) is 33.6 Å². The minimum absolute atomic E-state index is 0.0705. The summed E-state index contributed by atoms with van der Waals surface area (Å²) in [6.07, 6.45) is 7.45. The normalized spacial score (nSPS) is 16.1. The summed E-state index contributed by atoms with van der Waals surface area (Å²) in [7, 11) is 0. The van der Waals surface area contributed by atoms with Crippen LogP contribution in [0.3, 0.4) is 0 Å². The van der Waals surface area contributed by atoms with Crippen LogP contribution in [-0.2, 0) is 4.79 Å². The Kier molecular flexibility index (Phi) is 5.58. The van der Waals surface area contributed by atoms with E-state index in [2.05, 4.69) is 5.32 Å². The van der Waals surface area contributed by atoms with Crippen LogP contribution in [0.2, 0.25) is 0 Å². The first-order chi connectivity index (χ1) is 7.25. The summed E-state index contributed by atoms with van der Waals surface area (Å²) < 4.78 is 0. The van der Waals surface area contributed by atoms with Crippen LogP contribution >= 0.6 is 23.4 Å². The van der Waals surface area contributed by atoms with Crippen LogP contribution in [0.5, 0.6) is 0 Å². The second-order valence-corrected chi connectivity index (χ2v) is 4.41. The van der Waals surface area contributed by atoms with Crippen molar-refractivity contribution in [2.45, 2.75) is 19.8 Å². The second-order valence-electron chi connectivity index (χ2n) is 3.04. The fraction of sp³-hybridized carbons (Fsp3) is 0.364. The van der Waals surface area contributed by atoms with Crippen LogP contribution in [-0.4, -0.2) is 12.5 Å². The first kappa shape index (κ1) is 12.4. The molecule has 1 aliphatic rings. The Hall–Kier alpha value is -0.670. The van der Waals surface area contributed by atoms with Gasteiger partial charge in [0.25, 0.3) is 5.91 Å². The first-order valence-corrected chi connectivity index (χ1v) is 6.11. The molecule has 1 N–H and O–H groups in total. The van der Waals surface area contributed by atoms with Gasteiger partial charge in [-0.2, -0.15) is 0 Å². The summed E-state index contributed by atoms with van der Waals surface area (Å²) in [6, 6.07) is 0. The first-order valence-electron chi connectivity index (χ1n) is 4.85. The van der Waals surface area contributed by atoms with E-state index in [0.29, 0.717) is 22.9 Å². The Morgan fingerprint density at radius 1 is 1.73 bits per heavy atom. The minimum Gasteiger partial charge on any atom is -0.351 e. The molecule has 0 bridgehead atoms. The smallest absolute Gasteiger partial charge is 0.259 e. The predicted octanol–water partition coefficient (Wildman–Crippen LogP) is 3.17. The summed E-state index contributed by atoms with van der Waals surface area (Å²) in [6.45, 7) is 2.62. The van der Waals surface area contributed by atoms with Crippen LogP contribution in [0.1, 0.15) is 19.8 Å². The molecule has 15 heavy (non-hydrogen) atoms. The number of carbonyl (C=O) groups is 1. The van der Waals surface area contributed by atoms with Crippen LogP contribution < -0.4 is 5.32 Å². The molecule has 1 rings (SSSR count). The summed E-state index contributed by atoms with van der Waals surface area (Å²) in [5, 5.41) is 5.36. The number of halogens is 1. The van der Waals surface area contributed by atoms with Crippen molar-refractivity contribution in [3.63, 3.8) is 0 Å². The number of rotatable bonds is 4. The molecule has 0 atom stereocenters. The number of allylic oxidation sites excluding steroid dienone is 3. The lowest BCUT2D eigenvalue weighted by molar-refractivity contribution is -0.116. The molecule has 2 nitrogen and oxygen atoms in total. The lowest BCUT2D eigenvalue weighted by atomic mass is 10.3. The molecule has 0 unspecified atom stereocenters. The molecule has 82 valence electrons. The Morgan fingerprint density at radius 3 is 3.20 bits per heavy atom. The van der Waals surface area contributed by atoms with Crippen molar-refractivity contribution in [1.29, 1.82) is 0 Å². The number of thioether (sulfide) groups is 1. The molecule has 4 heteroatoms. The molecule has 0 aromatic rings. The fourth-order valence-electron chi connectivity index (χ4n) is 1.12. The third-order valence-corrected chi connectivity index (χ3v) is 3.32. The lowest BCUT2D eigenvalue weighted by Gasteiger charge is -2.10. The van der Waals surface area contributed by atoms with Gasteiger partial charge in [0, 0.05) is 18.0 Å². The fourth-order valence-corrected chi connectivity index (χ4v) is 2.14. The summed E-state index contributed by atoms with van der Waals surface area (Å²) in [5.41, 5.74) is 0. The van der Waals surface area contributed by atoms with Gasteiger partial charge in [-0.3, -0.25) is 4.79 Å². The topological polar surface area (TPSA) is 29.1 Å². The molecule has 0 fully saturated rings. The summed E-state index contributed by atoms with van der Waals surface area (Å²) in [4.78, 5) is 12.3. The molecule has 0 radical (unpaired) electrons. The van der Waals surface area contributed by atoms with Gasteiger partial charge in [-0.05, 0) is 18.8 Å². The molecule has 0 saturated carbocycles. The van der Waals surface area contributed by atoms with E-state index in [4.69, 9.17) is 11.6 Å². The zero-order valence-corrected chi connectivity index (χ0v) is 10.2. The van der Waals surface area contributed by atoms with Crippen LogP contribution in [0.25, 0.3) is 0 Å². The highest BCUT2D eigenvalue weighted by Crippen LogP contribution is 2.30. The van der Waals surface area contributed by atoms with Gasteiger partial charge in [-0.25, -0.2) is 0 Å². The maximum atomic E-state index is 11.6. The van der Waals surface area contributed by atoms with Gasteiger partial charge in [-0.1, -0.05) is 41.6 Å². The standard InChI is InChI=1S/C11H14ClNOS/c1-2-3-4-7-13-11(14)10-9(12)6-5-8-15-10/h2-3,5,8H,4,6-7H2,1H3,(H,13,14)/b3-2-. The largest absolute Gasteiger partial charge is 0.351 e. The van der Waals surface area contributed by atoms with Gasteiger partial charge in [-0.15, -0.1) is 0 Å². The SMILES string of the molecule is C/C=C\CCNC(=O)C1=C(Cl)CC=CS1. The average molecular weight is 244 g/mol. The Balaban J connectivity index is 2.39. The second kappa shape index (κ2) is 6.75. The Bertz CT molecular complexity index is 321. The van der Waals surface area contributed by atoms with Gasteiger partial charge in [0.15, 0.2) is 0 Å². The van der Waals surface area contributed by atoms with Crippen LogP contribution in [0, 0.1) is 0 Å². The maximum absolute atomic E-state index is 11.6. The molecule has 0 aromatic heterocycles. The van der Waals surface area contributed by atoms with Crippen molar-refractivity contribution in [2.75, 3.05) is 6.54 Å². The monoisotopic (exact) mass is 243 g/mol. The van der Waals surface area contributed by atoms with E-state index in [0.717, 1.165) is 6.42 Å². The molecule has 0 aliphatic carbocycles. The highest BCUT2D eigenvalue weighted by Gasteiger charge is 2.15. The maximum Gasteiger partial charge on any atom is 0.259 e. The van der Waals surface area contributed by atoms with E-state index in [1.54, 1.807) is 0 Å². The van der Waals surface area contributed by atoms with Crippen LogP contribution in [0.4, 0.5) is 0 Å². The highest BCUT2D eigenvalue weighted by atomic mass is 35.5. The van der Waals surface area contributed by atoms with Gasteiger partial charge in [0.2, 0.25) is 0 Å². The summed E-state index contributed by atoms with van der Waals surface area (Å²) in [5.74, 6) is -0.0705. The van der Waals surface area contributed by atoms with Crippen molar-refractivity contribution in [2.24, 2.45) is 0 Å². The molecule has 0 aromatic carbocycles. The van der Waals surface area contributed by atoms with E-state index in [1.165, 1.54) is 11.8 Å². The quantitative estimate of drug-likeness (QED) is 0.607. The van der Waals surface area contributed by atoms with Gasteiger partial charge < -0.3 is 5.32 Å². The van der Waals surface area contributed by atoms with Crippen molar-refractivity contribution in [3.8, 4) is 0 Å². The Morgan fingerprint density at radius 2 is 2.53 bits per heavy atom. The van der Waals surface area contributed by atoms with E-state index in [9.17, 15) is 4.79 Å². The third kappa shape index (κ3) is 4.14. The van der Waals surface area contributed by atoms with Crippen molar-refractivity contribution >= 4 is 29.3 Å². The van der Waals surface area contributed by atoms with Gasteiger partial charge in [0.05, 0.1) is 4.91 Å².